The Kier molecular flexibility index (Phi) is 6.72. The molecule has 2 aromatic heterocycles. The van der Waals surface area contributed by atoms with E-state index in [-0.39, 0.29) is 11.7 Å². The molecule has 1 fully saturated rings. The van der Waals surface area contributed by atoms with Crippen molar-refractivity contribution in [1.29, 1.82) is 0 Å². The first kappa shape index (κ1) is 23.4. The van der Waals surface area contributed by atoms with Crippen LogP contribution in [0.4, 0.5) is 15.8 Å². The van der Waals surface area contributed by atoms with Crippen LogP contribution >= 0.6 is 15.9 Å². The Morgan fingerprint density at radius 1 is 0.943 bits per heavy atom. The molecular weight excluding hydrogens is 509 g/mol. The Morgan fingerprint density at radius 2 is 1.54 bits per heavy atom. The molecule has 3 heterocycles. The van der Waals surface area contributed by atoms with E-state index in [2.05, 4.69) is 60.3 Å². The lowest BCUT2D eigenvalue weighted by molar-refractivity contribution is 0.0944. The molecule has 35 heavy (non-hydrogen) atoms. The lowest BCUT2D eigenvalue weighted by Gasteiger charge is -2.37. The number of carbonyl (C=O) groups is 1. The summed E-state index contributed by atoms with van der Waals surface area (Å²) in [5.74, 6) is -0.338. The summed E-state index contributed by atoms with van der Waals surface area (Å²) < 4.78 is 15.9. The number of nitrogens with zero attached hydrogens (tertiary/aromatic N) is 4. The highest BCUT2D eigenvalue weighted by Gasteiger charge is 2.19. The fourth-order valence-electron chi connectivity index (χ4n) is 4.52. The van der Waals surface area contributed by atoms with Crippen LogP contribution in [0.5, 0.6) is 0 Å². The number of rotatable bonds is 6. The van der Waals surface area contributed by atoms with Crippen LogP contribution in [0.3, 0.4) is 0 Å². The van der Waals surface area contributed by atoms with Crippen molar-refractivity contribution in [2.75, 3.05) is 36.0 Å². The Labute approximate surface area is 212 Å². The molecule has 5 rings (SSSR count). The predicted octanol–water partition coefficient (Wildman–Crippen LogP) is 5.05. The number of piperazine rings is 1. The van der Waals surface area contributed by atoms with Gasteiger partial charge in [0.25, 0.3) is 5.91 Å². The molecule has 4 aromatic rings. The van der Waals surface area contributed by atoms with Gasteiger partial charge in [0.15, 0.2) is 0 Å². The van der Waals surface area contributed by atoms with Crippen molar-refractivity contribution in [3.63, 3.8) is 0 Å². The Balaban J connectivity index is 1.20. The molecule has 1 N–H and O–H groups in total. The van der Waals surface area contributed by atoms with Crippen molar-refractivity contribution in [1.82, 2.24) is 14.7 Å². The van der Waals surface area contributed by atoms with Gasteiger partial charge in [0, 0.05) is 54.8 Å². The molecule has 8 heteroatoms. The second-order valence-electron chi connectivity index (χ2n) is 8.64. The lowest BCUT2D eigenvalue weighted by Crippen LogP contribution is -2.46. The van der Waals surface area contributed by atoms with Crippen LogP contribution in [-0.4, -0.2) is 41.5 Å². The maximum Gasteiger partial charge on any atom is 0.270 e. The van der Waals surface area contributed by atoms with E-state index >= 15 is 0 Å². The first-order chi connectivity index (χ1) is 17.0. The fraction of sp³-hybridized carbons (Fsp3) is 0.259. The number of carbonyl (C=O) groups excluding carboxylic acids is 1. The standard InChI is InChI=1S/C27H27BrFN5O/c1-2-24-26(34-18-20(28)5-12-25(34)31-24)27(35)30-17-19-3-8-22(9-4-19)32-13-15-33(16-14-32)23-10-6-21(29)7-11-23/h3-12,18H,2,13-17H2,1H3,(H,30,35). The van der Waals surface area contributed by atoms with E-state index in [0.717, 1.165) is 53.2 Å². The van der Waals surface area contributed by atoms with Crippen LogP contribution in [0.25, 0.3) is 5.65 Å². The lowest BCUT2D eigenvalue weighted by atomic mass is 10.1. The molecule has 0 radical (unpaired) electrons. The second-order valence-corrected chi connectivity index (χ2v) is 9.55. The number of anilines is 2. The van der Waals surface area contributed by atoms with Crippen LogP contribution in [0.15, 0.2) is 71.3 Å². The number of amides is 1. The van der Waals surface area contributed by atoms with Crippen molar-refractivity contribution in [2.24, 2.45) is 0 Å². The van der Waals surface area contributed by atoms with Gasteiger partial charge in [-0.05, 0) is 76.4 Å². The molecule has 0 unspecified atom stereocenters. The number of fused-ring (bicyclic) bond motifs is 1. The molecule has 1 amide bonds. The van der Waals surface area contributed by atoms with Gasteiger partial charge >= 0.3 is 0 Å². The summed E-state index contributed by atoms with van der Waals surface area (Å²) in [6.45, 7) is 6.03. The Bertz CT molecular complexity index is 1330. The summed E-state index contributed by atoms with van der Waals surface area (Å²) >= 11 is 3.48. The number of imidazole rings is 1. The van der Waals surface area contributed by atoms with Crippen molar-refractivity contribution >= 4 is 38.9 Å². The number of pyridine rings is 1. The highest BCUT2D eigenvalue weighted by atomic mass is 79.9. The average Bonchev–Trinajstić information content (AvgIpc) is 3.26. The van der Waals surface area contributed by atoms with E-state index < -0.39 is 0 Å². The third kappa shape index (κ3) is 5.03. The van der Waals surface area contributed by atoms with Crippen molar-refractivity contribution in [2.45, 2.75) is 19.9 Å². The van der Waals surface area contributed by atoms with Gasteiger partial charge in [0.2, 0.25) is 0 Å². The number of halogens is 2. The predicted molar refractivity (Wildman–Crippen MR) is 141 cm³/mol. The molecule has 0 saturated carbocycles. The maximum atomic E-state index is 13.2. The van der Waals surface area contributed by atoms with Gasteiger partial charge in [0.1, 0.15) is 17.2 Å². The molecular formula is C27H27BrFN5O. The van der Waals surface area contributed by atoms with Crippen LogP contribution in [0.2, 0.25) is 0 Å². The molecule has 180 valence electrons. The molecule has 0 atom stereocenters. The summed E-state index contributed by atoms with van der Waals surface area (Å²) in [4.78, 5) is 22.3. The second kappa shape index (κ2) is 10.1. The largest absolute Gasteiger partial charge is 0.368 e. The molecule has 1 aliphatic heterocycles. The molecule has 6 nitrogen and oxygen atoms in total. The summed E-state index contributed by atoms with van der Waals surface area (Å²) in [5, 5.41) is 3.05. The third-order valence-corrected chi connectivity index (χ3v) is 6.90. The van der Waals surface area contributed by atoms with Crippen LogP contribution in [0, 0.1) is 5.82 Å². The summed E-state index contributed by atoms with van der Waals surface area (Å²) in [7, 11) is 0. The first-order valence-corrected chi connectivity index (χ1v) is 12.6. The first-order valence-electron chi connectivity index (χ1n) is 11.8. The Morgan fingerprint density at radius 3 is 2.14 bits per heavy atom. The Hall–Kier alpha value is -3.39. The monoisotopic (exact) mass is 535 g/mol. The summed E-state index contributed by atoms with van der Waals surface area (Å²) in [6.07, 6.45) is 2.56. The normalized spacial score (nSPS) is 13.9. The van der Waals surface area contributed by atoms with E-state index in [1.807, 2.05) is 41.8 Å². The number of aromatic nitrogens is 2. The molecule has 1 saturated heterocycles. The third-order valence-electron chi connectivity index (χ3n) is 6.43. The van der Waals surface area contributed by atoms with Gasteiger partial charge in [-0.2, -0.15) is 0 Å². The van der Waals surface area contributed by atoms with E-state index in [1.54, 1.807) is 0 Å². The number of aryl methyl sites for hydroxylation is 1. The van der Waals surface area contributed by atoms with Gasteiger partial charge in [-0.1, -0.05) is 19.1 Å². The highest BCUT2D eigenvalue weighted by molar-refractivity contribution is 9.10. The number of hydrogen-bond donors (Lipinski definition) is 1. The minimum atomic E-state index is -0.207. The van der Waals surface area contributed by atoms with Crippen LogP contribution < -0.4 is 15.1 Å². The zero-order valence-corrected chi connectivity index (χ0v) is 21.1. The van der Waals surface area contributed by atoms with E-state index in [0.29, 0.717) is 18.7 Å². The highest BCUT2D eigenvalue weighted by Crippen LogP contribution is 2.22. The zero-order chi connectivity index (χ0) is 24.4. The van der Waals surface area contributed by atoms with Gasteiger partial charge in [0.05, 0.1) is 5.69 Å². The van der Waals surface area contributed by atoms with Crippen LogP contribution in [0.1, 0.15) is 28.7 Å². The SMILES string of the molecule is CCc1nc2ccc(Br)cn2c1C(=O)NCc1ccc(N2CCN(c3ccc(F)cc3)CC2)cc1. The van der Waals surface area contributed by atoms with Gasteiger partial charge in [-0.15, -0.1) is 0 Å². The average molecular weight is 536 g/mol. The van der Waals surface area contributed by atoms with Crippen molar-refractivity contribution in [3.05, 3.63) is 94.1 Å². The summed E-state index contributed by atoms with van der Waals surface area (Å²) in [5.41, 5.74) is 5.40. The van der Waals surface area contributed by atoms with Gasteiger partial charge in [-0.3, -0.25) is 9.20 Å². The van der Waals surface area contributed by atoms with Gasteiger partial charge in [-0.25, -0.2) is 9.37 Å². The smallest absolute Gasteiger partial charge is 0.270 e. The fourth-order valence-corrected chi connectivity index (χ4v) is 4.86. The van der Waals surface area contributed by atoms with E-state index in [4.69, 9.17) is 0 Å². The molecule has 2 aromatic carbocycles. The van der Waals surface area contributed by atoms with Crippen molar-refractivity contribution in [3.8, 4) is 0 Å². The molecule has 0 spiro atoms. The minimum Gasteiger partial charge on any atom is -0.368 e. The number of nitrogens with one attached hydrogen (secondary N) is 1. The minimum absolute atomic E-state index is 0.131. The zero-order valence-electron chi connectivity index (χ0n) is 19.5. The van der Waals surface area contributed by atoms with E-state index in [9.17, 15) is 9.18 Å². The number of hydrogen-bond acceptors (Lipinski definition) is 4. The molecule has 1 aliphatic rings. The van der Waals surface area contributed by atoms with E-state index in [1.165, 1.54) is 17.8 Å². The number of benzene rings is 2. The topological polar surface area (TPSA) is 52.9 Å². The maximum absolute atomic E-state index is 13.2. The molecule has 0 bridgehead atoms. The van der Waals surface area contributed by atoms with Crippen LogP contribution in [-0.2, 0) is 13.0 Å². The molecule has 0 aliphatic carbocycles. The quantitative estimate of drug-likeness (QED) is 0.375. The van der Waals surface area contributed by atoms with Crippen molar-refractivity contribution < 1.29 is 9.18 Å². The van der Waals surface area contributed by atoms with Gasteiger partial charge < -0.3 is 15.1 Å². The summed E-state index contributed by atoms with van der Waals surface area (Å²) in [6, 6.07) is 18.9.